The summed E-state index contributed by atoms with van der Waals surface area (Å²) in [5.74, 6) is 6.37. The fourth-order valence-corrected chi connectivity index (χ4v) is 4.29. The van der Waals surface area contributed by atoms with Gasteiger partial charge in [-0.1, -0.05) is 12.8 Å². The molecule has 0 radical (unpaired) electrons. The third-order valence-electron chi connectivity index (χ3n) is 6.27. The van der Waals surface area contributed by atoms with Crippen LogP contribution in [0.25, 0.3) is 0 Å². The van der Waals surface area contributed by atoms with Crippen LogP contribution in [0.5, 0.6) is 0 Å². The number of amides is 4. The summed E-state index contributed by atoms with van der Waals surface area (Å²) >= 11 is 0. The first-order valence-electron chi connectivity index (χ1n) is 11.6. The average Bonchev–Trinajstić information content (AvgIpc) is 2.76. The molecule has 4 amide bonds. The van der Waals surface area contributed by atoms with Gasteiger partial charge in [0.1, 0.15) is 0 Å². The van der Waals surface area contributed by atoms with E-state index in [4.69, 9.17) is 12.8 Å². The highest BCUT2D eigenvalue weighted by atomic mass is 16.2. The van der Waals surface area contributed by atoms with E-state index in [1.165, 1.54) is 0 Å². The maximum absolute atomic E-state index is 11.9. The predicted octanol–water partition coefficient (Wildman–Crippen LogP) is 3.53. The number of nitrogens with one attached hydrogen (secondary N) is 4. The Balaban J connectivity index is 1.39. The molecule has 0 heterocycles. The minimum atomic E-state index is -0.0752. The minimum absolute atomic E-state index is 0.0752. The van der Waals surface area contributed by atoms with Crippen molar-refractivity contribution in [1.82, 2.24) is 21.3 Å². The van der Waals surface area contributed by atoms with Gasteiger partial charge in [-0.25, -0.2) is 9.59 Å². The molecule has 2 rings (SSSR count). The van der Waals surface area contributed by atoms with Gasteiger partial charge in [0.05, 0.1) is 0 Å². The lowest BCUT2D eigenvalue weighted by atomic mass is 9.87. The van der Waals surface area contributed by atoms with Crippen molar-refractivity contribution < 1.29 is 9.59 Å². The van der Waals surface area contributed by atoms with Gasteiger partial charge in [0.2, 0.25) is 0 Å². The van der Waals surface area contributed by atoms with Crippen LogP contribution in [0.1, 0.15) is 77.0 Å². The minimum Gasteiger partial charge on any atom is -0.338 e. The Hall–Kier alpha value is -2.34. The zero-order valence-corrected chi connectivity index (χ0v) is 18.2. The molecule has 0 aromatic carbocycles. The molecule has 0 unspecified atom stereocenters. The zero-order chi connectivity index (χ0) is 21.6. The Kier molecular flexibility index (Phi) is 11.0. The summed E-state index contributed by atoms with van der Waals surface area (Å²) in [4.78, 5) is 23.9. The van der Waals surface area contributed by atoms with Crippen LogP contribution < -0.4 is 21.3 Å². The van der Waals surface area contributed by atoms with Crippen molar-refractivity contribution in [3.05, 3.63) is 0 Å². The quantitative estimate of drug-likeness (QED) is 0.344. The first-order valence-corrected chi connectivity index (χ1v) is 11.6. The molecular formula is C24H38N4O2. The normalized spacial score (nSPS) is 25.9. The molecule has 2 saturated carbocycles. The lowest BCUT2D eigenvalue weighted by Gasteiger charge is -2.26. The van der Waals surface area contributed by atoms with Gasteiger partial charge in [0.25, 0.3) is 0 Å². The smallest absolute Gasteiger partial charge is 0.315 e. The van der Waals surface area contributed by atoms with Gasteiger partial charge >= 0.3 is 12.1 Å². The van der Waals surface area contributed by atoms with Crippen LogP contribution in [0.2, 0.25) is 0 Å². The summed E-state index contributed by atoms with van der Waals surface area (Å²) in [5, 5.41) is 12.0. The van der Waals surface area contributed by atoms with E-state index in [1.807, 2.05) is 0 Å². The molecule has 0 aromatic rings. The Labute approximate surface area is 182 Å². The number of terminal acetylenes is 2. The summed E-state index contributed by atoms with van der Waals surface area (Å²) in [5.41, 5.74) is 0. The summed E-state index contributed by atoms with van der Waals surface area (Å²) in [6.07, 6.45) is 22.7. The highest BCUT2D eigenvalue weighted by Crippen LogP contribution is 2.24. The molecule has 0 atom stereocenters. The van der Waals surface area contributed by atoms with Gasteiger partial charge in [0.15, 0.2) is 0 Å². The first kappa shape index (κ1) is 23.9. The molecule has 166 valence electrons. The lowest BCUT2D eigenvalue weighted by molar-refractivity contribution is 0.229. The van der Waals surface area contributed by atoms with Gasteiger partial charge in [-0.05, 0) is 64.2 Å². The Morgan fingerprint density at radius 1 is 0.633 bits per heavy atom. The average molecular weight is 415 g/mol. The molecule has 6 nitrogen and oxygen atoms in total. The molecule has 0 aliphatic heterocycles. The summed E-state index contributed by atoms with van der Waals surface area (Å²) in [7, 11) is 0. The third kappa shape index (κ3) is 9.44. The number of hydrogen-bond acceptors (Lipinski definition) is 2. The van der Waals surface area contributed by atoms with Crippen LogP contribution >= 0.6 is 0 Å². The van der Waals surface area contributed by atoms with E-state index in [0.717, 1.165) is 77.0 Å². The summed E-state index contributed by atoms with van der Waals surface area (Å²) in [6.45, 7) is 1.36. The third-order valence-corrected chi connectivity index (χ3v) is 6.27. The number of urea groups is 2. The number of rotatable bonds is 9. The van der Waals surface area contributed by atoms with Crippen molar-refractivity contribution in [3.8, 4) is 24.7 Å². The lowest BCUT2D eigenvalue weighted by Crippen LogP contribution is -2.44. The molecule has 0 bridgehead atoms. The Morgan fingerprint density at radius 3 is 1.33 bits per heavy atom. The Morgan fingerprint density at radius 2 is 1.00 bits per heavy atom. The molecule has 0 aromatic heterocycles. The van der Waals surface area contributed by atoms with Crippen molar-refractivity contribution in [2.45, 2.75) is 89.1 Å². The molecule has 0 saturated heterocycles. The van der Waals surface area contributed by atoms with Crippen molar-refractivity contribution in [3.63, 3.8) is 0 Å². The fourth-order valence-electron chi connectivity index (χ4n) is 4.29. The summed E-state index contributed by atoms with van der Waals surface area (Å²) in [6, 6.07) is 0.348. The number of unbranched alkanes of at least 4 members (excludes halogenated alkanes) is 3. The molecular weight excluding hydrogens is 376 g/mol. The summed E-state index contributed by atoms with van der Waals surface area (Å²) < 4.78 is 0. The van der Waals surface area contributed by atoms with Gasteiger partial charge in [-0.3, -0.25) is 0 Å². The molecule has 4 N–H and O–H groups in total. The van der Waals surface area contributed by atoms with E-state index in [2.05, 4.69) is 33.1 Å². The Bertz CT molecular complexity index is 552. The van der Waals surface area contributed by atoms with Crippen LogP contribution in [0.15, 0.2) is 0 Å². The van der Waals surface area contributed by atoms with Crippen molar-refractivity contribution in [2.75, 3.05) is 13.1 Å². The van der Waals surface area contributed by atoms with Crippen LogP contribution in [0.3, 0.4) is 0 Å². The molecule has 2 aliphatic rings. The largest absolute Gasteiger partial charge is 0.338 e. The predicted molar refractivity (Wildman–Crippen MR) is 121 cm³/mol. The first-order chi connectivity index (χ1) is 14.6. The molecule has 2 aliphatic carbocycles. The molecule has 6 heteroatoms. The van der Waals surface area contributed by atoms with E-state index in [0.29, 0.717) is 24.9 Å². The second-order valence-corrected chi connectivity index (χ2v) is 8.65. The topological polar surface area (TPSA) is 82.3 Å². The van der Waals surface area contributed by atoms with Crippen LogP contribution in [-0.4, -0.2) is 37.2 Å². The van der Waals surface area contributed by atoms with Crippen molar-refractivity contribution >= 4 is 12.1 Å². The van der Waals surface area contributed by atoms with Gasteiger partial charge in [-0.15, -0.1) is 24.7 Å². The SMILES string of the molecule is C#CC1CCC(NC(=O)NCCCCCCNC(=O)NC2CCC(C#C)CC2)CC1. The number of hydrogen-bond donors (Lipinski definition) is 4. The number of carbonyl (C=O) groups excluding carboxylic acids is 2. The van der Waals surface area contributed by atoms with Gasteiger partial charge < -0.3 is 21.3 Å². The van der Waals surface area contributed by atoms with E-state index in [1.54, 1.807) is 0 Å². The maximum atomic E-state index is 11.9. The zero-order valence-electron chi connectivity index (χ0n) is 18.2. The van der Waals surface area contributed by atoms with Gasteiger partial charge in [0, 0.05) is 37.0 Å². The second-order valence-electron chi connectivity index (χ2n) is 8.65. The van der Waals surface area contributed by atoms with Crippen LogP contribution in [0.4, 0.5) is 9.59 Å². The van der Waals surface area contributed by atoms with E-state index >= 15 is 0 Å². The maximum Gasteiger partial charge on any atom is 0.315 e. The van der Waals surface area contributed by atoms with Crippen molar-refractivity contribution in [1.29, 1.82) is 0 Å². The second kappa shape index (κ2) is 13.8. The highest BCUT2D eigenvalue weighted by molar-refractivity contribution is 5.74. The van der Waals surface area contributed by atoms with Gasteiger partial charge in [-0.2, -0.15) is 0 Å². The molecule has 2 fully saturated rings. The highest BCUT2D eigenvalue weighted by Gasteiger charge is 2.21. The van der Waals surface area contributed by atoms with Crippen molar-refractivity contribution in [2.24, 2.45) is 11.8 Å². The van der Waals surface area contributed by atoms with E-state index < -0.39 is 0 Å². The van der Waals surface area contributed by atoms with Crippen LogP contribution in [-0.2, 0) is 0 Å². The molecule has 30 heavy (non-hydrogen) atoms. The van der Waals surface area contributed by atoms with Crippen LogP contribution in [0, 0.1) is 36.5 Å². The molecule has 0 spiro atoms. The number of carbonyl (C=O) groups is 2. The standard InChI is InChI=1S/C24H38N4O2/c1-3-19-9-13-21(14-10-19)27-23(29)25-17-7-5-6-8-18-26-24(30)28-22-15-11-20(4-2)12-16-22/h1-2,19-22H,5-18H2,(H2,25,27,29)(H2,26,28,30). The monoisotopic (exact) mass is 414 g/mol. The fraction of sp³-hybridized carbons (Fsp3) is 0.750. The van der Waals surface area contributed by atoms with E-state index in [-0.39, 0.29) is 24.1 Å². The van der Waals surface area contributed by atoms with E-state index in [9.17, 15) is 9.59 Å².